The van der Waals surface area contributed by atoms with Crippen LogP contribution in [-0.4, -0.2) is 10.6 Å². The Hall–Kier alpha value is -1.26. The number of fused-ring (bicyclic) bond motifs is 1. The van der Waals surface area contributed by atoms with Crippen LogP contribution in [0.2, 0.25) is 5.02 Å². The highest BCUT2D eigenvalue weighted by Gasteiger charge is 2.36. The summed E-state index contributed by atoms with van der Waals surface area (Å²) in [6.07, 6.45) is 0.870. The van der Waals surface area contributed by atoms with Crippen molar-refractivity contribution in [3.63, 3.8) is 0 Å². The van der Waals surface area contributed by atoms with Crippen LogP contribution < -0.4 is 9.64 Å². The van der Waals surface area contributed by atoms with Gasteiger partial charge in [-0.15, -0.1) is 0 Å². The fraction of sp³-hybridized carbons (Fsp3) is 0.438. The molecule has 1 aliphatic heterocycles. The number of ether oxygens (including phenoxy) is 1. The molecule has 0 saturated heterocycles. The molecule has 1 aromatic carbocycles. The van der Waals surface area contributed by atoms with Gasteiger partial charge in [0.1, 0.15) is 10.8 Å². The molecule has 2 aromatic rings. The molecule has 112 valence electrons. The maximum Gasteiger partial charge on any atom is 0.177 e. The molecular weight excluding hydrogens is 304 g/mol. The number of hydrogen-bond acceptors (Lipinski definition) is 4. The Morgan fingerprint density at radius 2 is 2.05 bits per heavy atom. The standard InChI is InChI=1S/C16H19ClN2OS/c1-10-14(17)15(21-18-10)19-11-7-5-6-8-12(11)20-13(19)9-16(2,3)4/h5-8,13H,9H2,1-4H3. The zero-order chi connectivity index (χ0) is 15.2. The Labute approximate surface area is 134 Å². The molecule has 3 rings (SSSR count). The minimum absolute atomic E-state index is 0.0419. The number of nitrogens with zero attached hydrogens (tertiary/aromatic N) is 2. The van der Waals surface area contributed by atoms with Crippen LogP contribution in [0.1, 0.15) is 32.9 Å². The molecule has 0 bridgehead atoms. The molecule has 2 heterocycles. The molecule has 0 amide bonds. The van der Waals surface area contributed by atoms with Crippen molar-refractivity contribution in [2.45, 2.75) is 40.3 Å². The molecule has 1 unspecified atom stereocenters. The first kappa shape index (κ1) is 14.7. The summed E-state index contributed by atoms with van der Waals surface area (Å²) in [5, 5.41) is 1.69. The second kappa shape index (κ2) is 5.18. The van der Waals surface area contributed by atoms with E-state index in [4.69, 9.17) is 16.3 Å². The molecule has 0 N–H and O–H groups in total. The van der Waals surface area contributed by atoms with E-state index in [0.29, 0.717) is 0 Å². The molecule has 0 fully saturated rings. The lowest BCUT2D eigenvalue weighted by atomic mass is 9.91. The summed E-state index contributed by atoms with van der Waals surface area (Å²) in [7, 11) is 0. The number of anilines is 2. The SMILES string of the molecule is Cc1nsc(N2c3ccccc3OC2CC(C)(C)C)c1Cl. The highest BCUT2D eigenvalue weighted by Crippen LogP contribution is 2.48. The average Bonchev–Trinajstić information content (AvgIpc) is 2.89. The summed E-state index contributed by atoms with van der Waals surface area (Å²) in [5.41, 5.74) is 2.10. The summed E-state index contributed by atoms with van der Waals surface area (Å²) in [5.74, 6) is 0.911. The van der Waals surface area contributed by atoms with Gasteiger partial charge in [0.05, 0.1) is 16.4 Å². The third kappa shape index (κ3) is 2.74. The molecular formula is C16H19ClN2OS. The number of halogens is 1. The highest BCUT2D eigenvalue weighted by atomic mass is 35.5. The van der Waals surface area contributed by atoms with Gasteiger partial charge in [-0.1, -0.05) is 44.5 Å². The van der Waals surface area contributed by atoms with Crippen molar-refractivity contribution in [2.24, 2.45) is 5.41 Å². The highest BCUT2D eigenvalue weighted by molar-refractivity contribution is 7.11. The zero-order valence-corrected chi connectivity index (χ0v) is 14.3. The fourth-order valence-electron chi connectivity index (χ4n) is 2.50. The lowest BCUT2D eigenvalue weighted by Gasteiger charge is -2.29. The number of aromatic nitrogens is 1. The summed E-state index contributed by atoms with van der Waals surface area (Å²) >= 11 is 7.87. The molecule has 1 atom stereocenters. The van der Waals surface area contributed by atoms with Gasteiger partial charge in [0.2, 0.25) is 0 Å². The molecule has 1 aliphatic rings. The number of hydrogen-bond donors (Lipinski definition) is 0. The minimum atomic E-state index is -0.0419. The largest absolute Gasteiger partial charge is 0.468 e. The molecule has 0 saturated carbocycles. The van der Waals surface area contributed by atoms with E-state index in [1.165, 1.54) is 11.5 Å². The number of benzene rings is 1. The van der Waals surface area contributed by atoms with Gasteiger partial charge in [0, 0.05) is 6.42 Å². The van der Waals surface area contributed by atoms with Crippen LogP contribution in [0.15, 0.2) is 24.3 Å². The van der Waals surface area contributed by atoms with E-state index in [1.54, 1.807) is 0 Å². The topological polar surface area (TPSA) is 25.4 Å². The van der Waals surface area contributed by atoms with Crippen LogP contribution in [0.3, 0.4) is 0 Å². The van der Waals surface area contributed by atoms with E-state index in [-0.39, 0.29) is 11.6 Å². The maximum absolute atomic E-state index is 6.44. The van der Waals surface area contributed by atoms with E-state index in [0.717, 1.165) is 33.6 Å². The molecule has 21 heavy (non-hydrogen) atoms. The first-order valence-electron chi connectivity index (χ1n) is 7.03. The molecule has 0 aliphatic carbocycles. The van der Waals surface area contributed by atoms with Gasteiger partial charge >= 0.3 is 0 Å². The molecule has 0 spiro atoms. The van der Waals surface area contributed by atoms with E-state index < -0.39 is 0 Å². The van der Waals surface area contributed by atoms with Crippen molar-refractivity contribution in [3.8, 4) is 5.75 Å². The van der Waals surface area contributed by atoms with Crippen LogP contribution in [-0.2, 0) is 0 Å². The second-order valence-electron chi connectivity index (χ2n) is 6.56. The summed E-state index contributed by atoms with van der Waals surface area (Å²) in [6, 6.07) is 8.10. The second-order valence-corrected chi connectivity index (χ2v) is 7.69. The zero-order valence-electron chi connectivity index (χ0n) is 12.7. The van der Waals surface area contributed by atoms with Crippen LogP contribution in [0.4, 0.5) is 10.7 Å². The normalized spacial score (nSPS) is 17.8. The van der Waals surface area contributed by atoms with E-state index >= 15 is 0 Å². The molecule has 3 nitrogen and oxygen atoms in total. The van der Waals surface area contributed by atoms with Crippen molar-refractivity contribution in [1.82, 2.24) is 4.37 Å². The van der Waals surface area contributed by atoms with Crippen molar-refractivity contribution in [1.29, 1.82) is 0 Å². The lowest BCUT2D eigenvalue weighted by Crippen LogP contribution is -2.34. The maximum atomic E-state index is 6.44. The van der Waals surface area contributed by atoms with Gasteiger partial charge in [-0.3, -0.25) is 4.90 Å². The Balaban J connectivity index is 2.05. The lowest BCUT2D eigenvalue weighted by molar-refractivity contribution is 0.169. The van der Waals surface area contributed by atoms with Crippen LogP contribution in [0.5, 0.6) is 5.75 Å². The Bertz CT molecular complexity index is 663. The van der Waals surface area contributed by atoms with Crippen LogP contribution in [0, 0.1) is 12.3 Å². The average molecular weight is 323 g/mol. The molecule has 5 heteroatoms. The number of aryl methyl sites for hydroxylation is 1. The molecule has 1 aromatic heterocycles. The Kier molecular flexibility index (Phi) is 3.62. The van der Waals surface area contributed by atoms with Gasteiger partial charge in [0.25, 0.3) is 0 Å². The number of rotatable bonds is 2. The summed E-state index contributed by atoms with van der Waals surface area (Å²) < 4.78 is 10.5. The summed E-state index contributed by atoms with van der Waals surface area (Å²) in [4.78, 5) is 2.19. The van der Waals surface area contributed by atoms with Gasteiger partial charge < -0.3 is 4.74 Å². The Morgan fingerprint density at radius 1 is 1.33 bits per heavy atom. The summed E-state index contributed by atoms with van der Waals surface area (Å²) in [6.45, 7) is 8.59. The Morgan fingerprint density at radius 3 is 2.67 bits per heavy atom. The van der Waals surface area contributed by atoms with Crippen LogP contribution in [0.25, 0.3) is 0 Å². The monoisotopic (exact) mass is 322 g/mol. The van der Waals surface area contributed by atoms with Gasteiger partial charge in [-0.05, 0) is 36.0 Å². The third-order valence-electron chi connectivity index (χ3n) is 3.46. The third-order valence-corrected chi connectivity index (χ3v) is 4.96. The van der Waals surface area contributed by atoms with Gasteiger partial charge in [0.15, 0.2) is 6.23 Å². The van der Waals surface area contributed by atoms with Crippen molar-refractivity contribution < 1.29 is 4.74 Å². The quantitative estimate of drug-likeness (QED) is 0.740. The fourth-order valence-corrected chi connectivity index (χ4v) is 3.64. The first-order chi connectivity index (χ1) is 9.87. The van der Waals surface area contributed by atoms with E-state index in [2.05, 4.69) is 36.1 Å². The minimum Gasteiger partial charge on any atom is -0.468 e. The van der Waals surface area contributed by atoms with Crippen molar-refractivity contribution in [3.05, 3.63) is 35.0 Å². The number of para-hydroxylation sites is 2. The smallest absolute Gasteiger partial charge is 0.177 e. The van der Waals surface area contributed by atoms with Crippen molar-refractivity contribution >= 4 is 33.8 Å². The van der Waals surface area contributed by atoms with E-state index in [1.807, 2.05) is 25.1 Å². The van der Waals surface area contributed by atoms with E-state index in [9.17, 15) is 0 Å². The van der Waals surface area contributed by atoms with Gasteiger partial charge in [-0.25, -0.2) is 0 Å². The van der Waals surface area contributed by atoms with Crippen LogP contribution >= 0.6 is 23.1 Å². The van der Waals surface area contributed by atoms with Gasteiger partial charge in [-0.2, -0.15) is 4.37 Å². The van der Waals surface area contributed by atoms with Crippen molar-refractivity contribution in [2.75, 3.05) is 4.90 Å². The first-order valence-corrected chi connectivity index (χ1v) is 8.19. The molecule has 0 radical (unpaired) electrons. The predicted octanol–water partition coefficient (Wildman–Crippen LogP) is 5.40. The predicted molar refractivity (Wildman–Crippen MR) is 88.9 cm³/mol.